The lowest BCUT2D eigenvalue weighted by molar-refractivity contribution is -0.384. The van der Waals surface area contributed by atoms with Crippen molar-refractivity contribution < 1.29 is 14.5 Å². The van der Waals surface area contributed by atoms with Gasteiger partial charge in [-0.05, 0) is 60.9 Å². The van der Waals surface area contributed by atoms with E-state index in [2.05, 4.69) is 24.1 Å². The third kappa shape index (κ3) is 6.20. The van der Waals surface area contributed by atoms with Crippen LogP contribution < -0.4 is 10.1 Å². The molecule has 7 heteroatoms. The molecule has 0 unspecified atom stereocenters. The molecule has 2 aromatic carbocycles. The third-order valence-electron chi connectivity index (χ3n) is 7.51. The summed E-state index contributed by atoms with van der Waals surface area (Å²) in [5.41, 5.74) is 0.958. The van der Waals surface area contributed by atoms with E-state index in [1.54, 1.807) is 12.1 Å². The molecule has 4 rings (SSSR count). The summed E-state index contributed by atoms with van der Waals surface area (Å²) < 4.78 is 5.97. The Balaban J connectivity index is 1.36. The Kier molecular flexibility index (Phi) is 8.06. The van der Waals surface area contributed by atoms with Gasteiger partial charge in [-0.1, -0.05) is 45.2 Å². The standard InChI is InChI=1S/C28H37N3O4/c1-21-18-22(2)20-30(19-21)16-17-35-26-12-8-24(9-13-26)29-27(32)28(14-4-3-5-15-28)23-6-10-25(11-7-23)31(33)34/h6-13,21-22H,3-5,14-20H2,1-2H3,(H,29,32)/t21-,22+. The lowest BCUT2D eigenvalue weighted by atomic mass is 9.68. The minimum Gasteiger partial charge on any atom is -0.492 e. The molecule has 35 heavy (non-hydrogen) atoms. The molecule has 1 heterocycles. The van der Waals surface area contributed by atoms with Gasteiger partial charge in [-0.25, -0.2) is 0 Å². The summed E-state index contributed by atoms with van der Waals surface area (Å²) in [6.45, 7) is 8.47. The number of nitro groups is 1. The van der Waals surface area contributed by atoms with Crippen LogP contribution in [0.25, 0.3) is 0 Å². The van der Waals surface area contributed by atoms with Crippen molar-refractivity contribution in [1.82, 2.24) is 4.90 Å². The number of likely N-dealkylation sites (tertiary alicyclic amines) is 1. The quantitative estimate of drug-likeness (QED) is 0.382. The van der Waals surface area contributed by atoms with Gasteiger partial charge in [0, 0.05) is 37.5 Å². The summed E-state index contributed by atoms with van der Waals surface area (Å²) in [6.07, 6.45) is 5.81. The van der Waals surface area contributed by atoms with Crippen molar-refractivity contribution >= 4 is 17.3 Å². The van der Waals surface area contributed by atoms with Gasteiger partial charge in [0.2, 0.25) is 5.91 Å². The monoisotopic (exact) mass is 479 g/mol. The number of ether oxygens (including phenoxy) is 1. The number of carbonyl (C=O) groups excluding carboxylic acids is 1. The molecule has 1 aliphatic heterocycles. The molecular formula is C28H37N3O4. The molecule has 188 valence electrons. The number of nitrogens with zero attached hydrogens (tertiary/aromatic N) is 2. The van der Waals surface area contributed by atoms with Gasteiger partial charge in [-0.15, -0.1) is 0 Å². The van der Waals surface area contributed by atoms with E-state index in [-0.39, 0.29) is 11.6 Å². The van der Waals surface area contributed by atoms with Crippen LogP contribution in [0.5, 0.6) is 5.75 Å². The van der Waals surface area contributed by atoms with Crippen molar-refractivity contribution in [2.24, 2.45) is 11.8 Å². The molecule has 1 saturated heterocycles. The highest BCUT2D eigenvalue weighted by Gasteiger charge is 2.41. The molecular weight excluding hydrogens is 442 g/mol. The topological polar surface area (TPSA) is 84.7 Å². The van der Waals surface area contributed by atoms with Crippen molar-refractivity contribution in [3.8, 4) is 5.75 Å². The van der Waals surface area contributed by atoms with E-state index in [0.717, 1.165) is 80.6 Å². The van der Waals surface area contributed by atoms with E-state index in [1.807, 2.05) is 24.3 Å². The van der Waals surface area contributed by atoms with Gasteiger partial charge < -0.3 is 10.1 Å². The first-order valence-corrected chi connectivity index (χ1v) is 12.9. The first-order valence-electron chi connectivity index (χ1n) is 12.9. The number of nitrogens with one attached hydrogen (secondary N) is 1. The first kappa shape index (κ1) is 25.2. The van der Waals surface area contributed by atoms with Gasteiger partial charge in [0.15, 0.2) is 0 Å². The number of amides is 1. The van der Waals surface area contributed by atoms with E-state index in [1.165, 1.54) is 18.6 Å². The number of hydrogen-bond acceptors (Lipinski definition) is 5. The van der Waals surface area contributed by atoms with Crippen LogP contribution in [-0.2, 0) is 10.2 Å². The molecule has 2 aliphatic rings. The fourth-order valence-corrected chi connectivity index (χ4v) is 5.86. The zero-order valence-electron chi connectivity index (χ0n) is 20.9. The predicted molar refractivity (Wildman–Crippen MR) is 138 cm³/mol. The van der Waals surface area contributed by atoms with Gasteiger partial charge in [0.1, 0.15) is 12.4 Å². The van der Waals surface area contributed by atoms with Crippen LogP contribution in [0, 0.1) is 22.0 Å². The second-order valence-electron chi connectivity index (χ2n) is 10.5. The number of hydrogen-bond donors (Lipinski definition) is 1. The van der Waals surface area contributed by atoms with Gasteiger partial charge >= 0.3 is 0 Å². The van der Waals surface area contributed by atoms with Crippen molar-refractivity contribution in [3.63, 3.8) is 0 Å². The molecule has 1 saturated carbocycles. The maximum Gasteiger partial charge on any atom is 0.269 e. The van der Waals surface area contributed by atoms with Crippen LogP contribution in [0.2, 0.25) is 0 Å². The van der Waals surface area contributed by atoms with Crippen molar-refractivity contribution in [2.75, 3.05) is 31.6 Å². The normalized spacial score (nSPS) is 22.3. The van der Waals surface area contributed by atoms with Crippen LogP contribution >= 0.6 is 0 Å². The SMILES string of the molecule is C[C@@H]1C[C@H](C)CN(CCOc2ccc(NC(=O)C3(c4ccc([N+](=O)[O-])cc4)CCCCC3)cc2)C1. The summed E-state index contributed by atoms with van der Waals surface area (Å²) in [5, 5.41) is 14.2. The molecule has 1 N–H and O–H groups in total. The fraction of sp³-hybridized carbons (Fsp3) is 0.536. The lowest BCUT2D eigenvalue weighted by Crippen LogP contribution is -2.42. The highest BCUT2D eigenvalue weighted by atomic mass is 16.6. The first-order chi connectivity index (χ1) is 16.9. The highest BCUT2D eigenvalue weighted by molar-refractivity contribution is 5.99. The summed E-state index contributed by atoms with van der Waals surface area (Å²) in [4.78, 5) is 26.6. The zero-order chi connectivity index (χ0) is 24.8. The number of nitro benzene ring substituents is 1. The molecule has 2 atom stereocenters. The number of rotatable bonds is 8. The number of anilines is 1. The van der Waals surface area contributed by atoms with Crippen molar-refractivity contribution in [2.45, 2.75) is 57.8 Å². The minimum atomic E-state index is -0.661. The predicted octanol–water partition coefficient (Wildman–Crippen LogP) is 5.79. The largest absolute Gasteiger partial charge is 0.492 e. The number of piperidine rings is 1. The molecule has 7 nitrogen and oxygen atoms in total. The lowest BCUT2D eigenvalue weighted by Gasteiger charge is -2.36. The van der Waals surface area contributed by atoms with Gasteiger partial charge in [-0.3, -0.25) is 19.8 Å². The highest BCUT2D eigenvalue weighted by Crippen LogP contribution is 2.41. The third-order valence-corrected chi connectivity index (χ3v) is 7.51. The van der Waals surface area contributed by atoms with Crippen molar-refractivity contribution in [1.29, 1.82) is 0 Å². The van der Waals surface area contributed by atoms with E-state index in [9.17, 15) is 14.9 Å². The number of non-ortho nitro benzene ring substituents is 1. The van der Waals surface area contributed by atoms with E-state index < -0.39 is 10.3 Å². The van der Waals surface area contributed by atoms with Crippen LogP contribution in [0.15, 0.2) is 48.5 Å². The van der Waals surface area contributed by atoms with Gasteiger partial charge in [-0.2, -0.15) is 0 Å². The molecule has 2 fully saturated rings. The average Bonchev–Trinajstić information content (AvgIpc) is 2.85. The van der Waals surface area contributed by atoms with E-state index in [0.29, 0.717) is 6.61 Å². The van der Waals surface area contributed by atoms with E-state index in [4.69, 9.17) is 4.74 Å². The molecule has 0 aromatic heterocycles. The van der Waals surface area contributed by atoms with E-state index >= 15 is 0 Å². The maximum atomic E-state index is 13.5. The minimum absolute atomic E-state index is 0.0417. The van der Waals surface area contributed by atoms with Crippen LogP contribution in [0.1, 0.15) is 57.9 Å². The Bertz CT molecular complexity index is 990. The Morgan fingerprint density at radius 3 is 2.26 bits per heavy atom. The number of carbonyl (C=O) groups is 1. The second-order valence-corrected chi connectivity index (χ2v) is 10.5. The fourth-order valence-electron chi connectivity index (χ4n) is 5.86. The van der Waals surface area contributed by atoms with Crippen LogP contribution in [-0.4, -0.2) is 42.0 Å². The Labute approximate surface area is 208 Å². The molecule has 1 aliphatic carbocycles. The Hall–Kier alpha value is -2.93. The molecule has 0 radical (unpaired) electrons. The van der Waals surface area contributed by atoms with Crippen LogP contribution in [0.3, 0.4) is 0 Å². The summed E-state index contributed by atoms with van der Waals surface area (Å²) in [7, 11) is 0. The zero-order valence-corrected chi connectivity index (χ0v) is 20.9. The Morgan fingerprint density at radius 2 is 1.66 bits per heavy atom. The van der Waals surface area contributed by atoms with Gasteiger partial charge in [0.05, 0.1) is 10.3 Å². The average molecular weight is 480 g/mol. The second kappa shape index (κ2) is 11.2. The molecule has 2 aromatic rings. The molecule has 0 spiro atoms. The maximum absolute atomic E-state index is 13.5. The smallest absolute Gasteiger partial charge is 0.269 e. The summed E-state index contributed by atoms with van der Waals surface area (Å²) in [5.74, 6) is 2.22. The Morgan fingerprint density at radius 1 is 1.03 bits per heavy atom. The van der Waals surface area contributed by atoms with Crippen LogP contribution in [0.4, 0.5) is 11.4 Å². The van der Waals surface area contributed by atoms with Crippen molar-refractivity contribution in [3.05, 3.63) is 64.2 Å². The number of benzene rings is 2. The summed E-state index contributed by atoms with van der Waals surface area (Å²) in [6, 6.07) is 14.0. The van der Waals surface area contributed by atoms with Gasteiger partial charge in [0.25, 0.3) is 5.69 Å². The summed E-state index contributed by atoms with van der Waals surface area (Å²) >= 11 is 0. The molecule has 0 bridgehead atoms. The molecule has 1 amide bonds.